The van der Waals surface area contributed by atoms with E-state index >= 15 is 0 Å². The number of hydrogen-bond donors (Lipinski definition) is 2. The molecule has 0 bridgehead atoms. The third-order valence-electron chi connectivity index (χ3n) is 3.92. The van der Waals surface area contributed by atoms with E-state index in [9.17, 15) is 9.59 Å². The van der Waals surface area contributed by atoms with Crippen LogP contribution in [-0.4, -0.2) is 24.4 Å². The Bertz CT molecular complexity index is 683. The van der Waals surface area contributed by atoms with E-state index in [1.54, 1.807) is 6.07 Å². The summed E-state index contributed by atoms with van der Waals surface area (Å²) < 4.78 is 0. The lowest BCUT2D eigenvalue weighted by Gasteiger charge is -2.14. The average molecular weight is 324 g/mol. The van der Waals surface area contributed by atoms with Crippen LogP contribution in [0.5, 0.6) is 0 Å². The van der Waals surface area contributed by atoms with Crippen LogP contribution in [0.4, 0.5) is 0 Å². The maximum atomic E-state index is 12.1. The van der Waals surface area contributed by atoms with Crippen LogP contribution in [0.3, 0.4) is 0 Å². The molecule has 0 aliphatic heterocycles. The molecule has 0 aliphatic carbocycles. The van der Waals surface area contributed by atoms with Crippen LogP contribution >= 0.6 is 0 Å². The first-order valence-electron chi connectivity index (χ1n) is 8.23. The summed E-state index contributed by atoms with van der Waals surface area (Å²) in [5, 5.41) is 5.59. The van der Waals surface area contributed by atoms with Crippen molar-refractivity contribution in [1.29, 1.82) is 0 Å². The predicted octanol–water partition coefficient (Wildman–Crippen LogP) is 2.86. The molecule has 0 aliphatic rings. The van der Waals surface area contributed by atoms with Gasteiger partial charge in [0, 0.05) is 11.6 Å². The van der Waals surface area contributed by atoms with Crippen LogP contribution in [0.15, 0.2) is 54.6 Å². The van der Waals surface area contributed by atoms with Gasteiger partial charge >= 0.3 is 0 Å². The van der Waals surface area contributed by atoms with Gasteiger partial charge in [0.15, 0.2) is 0 Å². The van der Waals surface area contributed by atoms with Crippen molar-refractivity contribution in [3.05, 3.63) is 71.3 Å². The minimum atomic E-state index is -0.222. The molecule has 2 N–H and O–H groups in total. The minimum absolute atomic E-state index is 0.0111. The van der Waals surface area contributed by atoms with Crippen molar-refractivity contribution in [1.82, 2.24) is 10.6 Å². The van der Waals surface area contributed by atoms with Crippen LogP contribution in [0.2, 0.25) is 0 Å². The Morgan fingerprint density at radius 1 is 1.00 bits per heavy atom. The second-order valence-electron chi connectivity index (χ2n) is 5.99. The van der Waals surface area contributed by atoms with Crippen LogP contribution in [0.1, 0.15) is 34.8 Å². The molecule has 0 fully saturated rings. The summed E-state index contributed by atoms with van der Waals surface area (Å²) in [6.45, 7) is 3.84. The van der Waals surface area contributed by atoms with Crippen molar-refractivity contribution >= 4 is 11.8 Å². The fourth-order valence-corrected chi connectivity index (χ4v) is 2.51. The summed E-state index contributed by atoms with van der Waals surface area (Å²) in [7, 11) is 0. The maximum absolute atomic E-state index is 12.1. The molecule has 0 saturated heterocycles. The van der Waals surface area contributed by atoms with Crippen molar-refractivity contribution in [3.8, 4) is 0 Å². The summed E-state index contributed by atoms with van der Waals surface area (Å²) in [5.74, 6) is -0.391. The number of amides is 2. The first kappa shape index (κ1) is 17.7. The molecule has 0 spiro atoms. The van der Waals surface area contributed by atoms with Crippen LogP contribution in [0.25, 0.3) is 0 Å². The molecule has 0 radical (unpaired) electrons. The number of carbonyl (C=O) groups excluding carboxylic acids is 2. The van der Waals surface area contributed by atoms with E-state index in [1.807, 2.05) is 50.2 Å². The van der Waals surface area contributed by atoms with Gasteiger partial charge in [0.05, 0.1) is 6.54 Å². The summed E-state index contributed by atoms with van der Waals surface area (Å²) in [6, 6.07) is 17.6. The number of hydrogen-bond acceptors (Lipinski definition) is 2. The summed E-state index contributed by atoms with van der Waals surface area (Å²) in [5.41, 5.74) is 2.75. The second kappa shape index (κ2) is 8.87. The fourth-order valence-electron chi connectivity index (χ4n) is 2.51. The number of nitrogens with one attached hydrogen (secondary N) is 2. The van der Waals surface area contributed by atoms with E-state index < -0.39 is 0 Å². The molecule has 2 rings (SSSR count). The smallest absolute Gasteiger partial charge is 0.251 e. The normalized spacial score (nSPS) is 11.6. The first-order valence-corrected chi connectivity index (χ1v) is 8.23. The molecule has 126 valence electrons. The average Bonchev–Trinajstić information content (AvgIpc) is 2.59. The zero-order valence-electron chi connectivity index (χ0n) is 14.2. The van der Waals surface area contributed by atoms with E-state index in [2.05, 4.69) is 22.8 Å². The van der Waals surface area contributed by atoms with Gasteiger partial charge in [-0.2, -0.15) is 0 Å². The third kappa shape index (κ3) is 5.54. The number of carbonyl (C=O) groups is 2. The molecule has 1 atom stereocenters. The Morgan fingerprint density at radius 3 is 2.38 bits per heavy atom. The second-order valence-corrected chi connectivity index (χ2v) is 5.99. The predicted molar refractivity (Wildman–Crippen MR) is 95.9 cm³/mol. The molecule has 2 aromatic rings. The largest absolute Gasteiger partial charge is 0.352 e. The SMILES string of the molecule is Cc1ccccc1C(=O)NCC(=O)NC(C)CCc1ccccc1. The Hall–Kier alpha value is -2.62. The molecule has 4 nitrogen and oxygen atoms in total. The Kier molecular flexibility index (Phi) is 6.55. The summed E-state index contributed by atoms with van der Waals surface area (Å²) in [6.07, 6.45) is 1.78. The minimum Gasteiger partial charge on any atom is -0.352 e. The lowest BCUT2D eigenvalue weighted by atomic mass is 10.1. The maximum Gasteiger partial charge on any atom is 0.251 e. The van der Waals surface area contributed by atoms with E-state index in [-0.39, 0.29) is 24.4 Å². The van der Waals surface area contributed by atoms with Crippen molar-refractivity contribution in [3.63, 3.8) is 0 Å². The molecule has 0 heterocycles. The monoisotopic (exact) mass is 324 g/mol. The van der Waals surface area contributed by atoms with Crippen LogP contribution in [0, 0.1) is 6.92 Å². The Labute approximate surface area is 143 Å². The van der Waals surface area contributed by atoms with Crippen molar-refractivity contribution < 1.29 is 9.59 Å². The van der Waals surface area contributed by atoms with Gasteiger partial charge in [0.25, 0.3) is 5.91 Å². The zero-order chi connectivity index (χ0) is 17.4. The third-order valence-corrected chi connectivity index (χ3v) is 3.92. The van der Waals surface area contributed by atoms with Gasteiger partial charge < -0.3 is 10.6 Å². The summed E-state index contributed by atoms with van der Waals surface area (Å²) in [4.78, 5) is 24.0. The Morgan fingerprint density at radius 2 is 1.67 bits per heavy atom. The van der Waals surface area contributed by atoms with Crippen molar-refractivity contribution in [2.45, 2.75) is 32.7 Å². The van der Waals surface area contributed by atoms with Crippen LogP contribution in [-0.2, 0) is 11.2 Å². The topological polar surface area (TPSA) is 58.2 Å². The van der Waals surface area contributed by atoms with E-state index in [1.165, 1.54) is 5.56 Å². The van der Waals surface area contributed by atoms with Gasteiger partial charge in [-0.25, -0.2) is 0 Å². The van der Waals surface area contributed by atoms with Gasteiger partial charge in [-0.05, 0) is 43.9 Å². The number of rotatable bonds is 7. The van der Waals surface area contributed by atoms with Gasteiger partial charge in [-0.3, -0.25) is 9.59 Å². The van der Waals surface area contributed by atoms with Gasteiger partial charge in [0.2, 0.25) is 5.91 Å². The lowest BCUT2D eigenvalue weighted by Crippen LogP contribution is -2.41. The highest BCUT2D eigenvalue weighted by atomic mass is 16.2. The van der Waals surface area contributed by atoms with Gasteiger partial charge in [-0.1, -0.05) is 48.5 Å². The molecule has 2 amide bonds. The van der Waals surface area contributed by atoms with Gasteiger partial charge in [0.1, 0.15) is 0 Å². The molecule has 0 saturated carbocycles. The fraction of sp³-hybridized carbons (Fsp3) is 0.300. The van der Waals surface area contributed by atoms with E-state index in [0.29, 0.717) is 5.56 Å². The molecule has 1 unspecified atom stereocenters. The zero-order valence-corrected chi connectivity index (χ0v) is 14.2. The molecular weight excluding hydrogens is 300 g/mol. The number of benzene rings is 2. The summed E-state index contributed by atoms with van der Waals surface area (Å²) >= 11 is 0. The standard InChI is InChI=1S/C20H24N2O2/c1-15-8-6-7-11-18(15)20(24)21-14-19(23)22-16(2)12-13-17-9-4-3-5-10-17/h3-11,16H,12-14H2,1-2H3,(H,21,24)(H,22,23). The molecule has 2 aromatic carbocycles. The van der Waals surface area contributed by atoms with Crippen LogP contribution < -0.4 is 10.6 Å². The molecule has 0 aromatic heterocycles. The first-order chi connectivity index (χ1) is 11.6. The highest BCUT2D eigenvalue weighted by molar-refractivity contribution is 5.97. The molecule has 4 heteroatoms. The lowest BCUT2D eigenvalue weighted by molar-refractivity contribution is -0.120. The molecular formula is C20H24N2O2. The van der Waals surface area contributed by atoms with E-state index in [0.717, 1.165) is 18.4 Å². The molecule has 24 heavy (non-hydrogen) atoms. The number of aryl methyl sites for hydroxylation is 2. The highest BCUT2D eigenvalue weighted by Crippen LogP contribution is 2.06. The Balaban J connectivity index is 1.72. The van der Waals surface area contributed by atoms with Crippen molar-refractivity contribution in [2.75, 3.05) is 6.54 Å². The van der Waals surface area contributed by atoms with Crippen molar-refractivity contribution in [2.24, 2.45) is 0 Å². The quantitative estimate of drug-likeness (QED) is 0.823. The van der Waals surface area contributed by atoms with E-state index in [4.69, 9.17) is 0 Å². The van der Waals surface area contributed by atoms with Gasteiger partial charge in [-0.15, -0.1) is 0 Å². The highest BCUT2D eigenvalue weighted by Gasteiger charge is 2.11.